The molecule has 0 amide bonds. The van der Waals surface area contributed by atoms with E-state index in [4.69, 9.17) is 22.1 Å². The molecule has 2 aromatic carbocycles. The highest BCUT2D eigenvalue weighted by molar-refractivity contribution is 7.92. The Morgan fingerprint density at radius 1 is 1.19 bits per heavy atom. The number of aryl methyl sites for hydroxylation is 1. The lowest BCUT2D eigenvalue weighted by Gasteiger charge is -2.11. The van der Waals surface area contributed by atoms with Gasteiger partial charge in [-0.25, -0.2) is 8.42 Å². The van der Waals surface area contributed by atoms with Gasteiger partial charge in [-0.2, -0.15) is 0 Å². The van der Waals surface area contributed by atoms with E-state index in [0.717, 1.165) is 5.56 Å². The van der Waals surface area contributed by atoms with E-state index in [1.165, 1.54) is 25.3 Å². The molecule has 0 heterocycles. The van der Waals surface area contributed by atoms with Crippen LogP contribution in [0.4, 0.5) is 11.4 Å². The van der Waals surface area contributed by atoms with Gasteiger partial charge >= 0.3 is 0 Å². The molecule has 5 nitrogen and oxygen atoms in total. The largest absolute Gasteiger partial charge is 0.495 e. The zero-order chi connectivity index (χ0) is 15.6. The van der Waals surface area contributed by atoms with E-state index in [1.54, 1.807) is 18.2 Å². The fourth-order valence-electron chi connectivity index (χ4n) is 1.73. The normalized spacial score (nSPS) is 11.2. The van der Waals surface area contributed by atoms with Crippen molar-refractivity contribution < 1.29 is 13.2 Å². The molecule has 0 aromatic heterocycles. The smallest absolute Gasteiger partial charge is 0.261 e. The van der Waals surface area contributed by atoms with Crippen LogP contribution in [0, 0.1) is 6.92 Å². The van der Waals surface area contributed by atoms with Crippen molar-refractivity contribution in [1.82, 2.24) is 0 Å². The van der Waals surface area contributed by atoms with Crippen LogP contribution in [-0.2, 0) is 10.0 Å². The van der Waals surface area contributed by atoms with Crippen molar-refractivity contribution in [2.45, 2.75) is 11.8 Å². The van der Waals surface area contributed by atoms with Crippen LogP contribution in [0.3, 0.4) is 0 Å². The minimum atomic E-state index is -3.72. The number of nitrogen functional groups attached to an aromatic ring is 1. The fraction of sp³-hybridized carbons (Fsp3) is 0.143. The van der Waals surface area contributed by atoms with Crippen molar-refractivity contribution in [3.05, 3.63) is 47.0 Å². The number of benzene rings is 2. The Labute approximate surface area is 128 Å². The van der Waals surface area contributed by atoms with Crippen LogP contribution in [0.5, 0.6) is 5.75 Å². The number of anilines is 2. The van der Waals surface area contributed by atoms with Crippen molar-refractivity contribution in [1.29, 1.82) is 0 Å². The van der Waals surface area contributed by atoms with E-state index in [9.17, 15) is 8.42 Å². The van der Waals surface area contributed by atoms with Gasteiger partial charge in [0.15, 0.2) is 0 Å². The summed E-state index contributed by atoms with van der Waals surface area (Å²) in [7, 11) is -2.23. The lowest BCUT2D eigenvalue weighted by atomic mass is 10.2. The molecule has 0 saturated heterocycles. The number of methoxy groups -OCH3 is 1. The first kappa shape index (κ1) is 15.5. The first-order chi connectivity index (χ1) is 9.83. The van der Waals surface area contributed by atoms with Gasteiger partial charge in [-0.05, 0) is 42.8 Å². The zero-order valence-electron chi connectivity index (χ0n) is 11.6. The highest BCUT2D eigenvalue weighted by Crippen LogP contribution is 2.28. The monoisotopic (exact) mass is 326 g/mol. The second-order valence-corrected chi connectivity index (χ2v) is 6.56. The summed E-state index contributed by atoms with van der Waals surface area (Å²) < 4.78 is 32.0. The van der Waals surface area contributed by atoms with Gasteiger partial charge < -0.3 is 10.5 Å². The number of hydrogen-bond donors (Lipinski definition) is 2. The molecule has 21 heavy (non-hydrogen) atoms. The molecule has 0 saturated carbocycles. The number of hydrogen-bond acceptors (Lipinski definition) is 4. The lowest BCUT2D eigenvalue weighted by molar-refractivity contribution is 0.415. The highest BCUT2D eigenvalue weighted by atomic mass is 35.5. The number of rotatable bonds is 4. The molecular formula is C14H15ClN2O3S. The Morgan fingerprint density at radius 3 is 2.48 bits per heavy atom. The maximum Gasteiger partial charge on any atom is 0.261 e. The quantitative estimate of drug-likeness (QED) is 0.846. The first-order valence-corrected chi connectivity index (χ1v) is 7.92. The van der Waals surface area contributed by atoms with Crippen LogP contribution < -0.4 is 15.2 Å². The molecule has 112 valence electrons. The summed E-state index contributed by atoms with van der Waals surface area (Å²) >= 11 is 5.97. The van der Waals surface area contributed by atoms with E-state index in [-0.39, 0.29) is 4.90 Å². The Balaban J connectivity index is 2.32. The first-order valence-electron chi connectivity index (χ1n) is 6.06. The van der Waals surface area contributed by atoms with Crippen molar-refractivity contribution in [2.75, 3.05) is 17.6 Å². The second-order valence-electron chi connectivity index (χ2n) is 4.47. The number of halogens is 1. The number of nitrogens with one attached hydrogen (secondary N) is 1. The summed E-state index contributed by atoms with van der Waals surface area (Å²) in [4.78, 5) is 0.0949. The molecule has 7 heteroatoms. The van der Waals surface area contributed by atoms with Gasteiger partial charge in [0.05, 0.1) is 22.7 Å². The van der Waals surface area contributed by atoms with Crippen LogP contribution >= 0.6 is 11.6 Å². The average Bonchev–Trinajstić information content (AvgIpc) is 2.41. The third-order valence-electron chi connectivity index (χ3n) is 2.97. The molecule has 0 aliphatic rings. The Kier molecular flexibility index (Phi) is 4.29. The average molecular weight is 327 g/mol. The molecule has 0 atom stereocenters. The Hall–Kier alpha value is -1.92. The molecule has 0 spiro atoms. The van der Waals surface area contributed by atoms with E-state index in [0.29, 0.717) is 22.1 Å². The predicted molar refractivity (Wildman–Crippen MR) is 84.4 cm³/mol. The van der Waals surface area contributed by atoms with E-state index in [1.807, 2.05) is 6.92 Å². The van der Waals surface area contributed by atoms with Crippen LogP contribution in [0.2, 0.25) is 5.02 Å². The molecule has 0 fully saturated rings. The van der Waals surface area contributed by atoms with Gasteiger partial charge in [-0.15, -0.1) is 0 Å². The van der Waals surface area contributed by atoms with E-state index >= 15 is 0 Å². The summed E-state index contributed by atoms with van der Waals surface area (Å²) in [6.07, 6.45) is 0. The molecule has 3 N–H and O–H groups in total. The standard InChI is InChI=1S/C14H15ClN2O3S/c1-9-3-5-11(8-13(9)16)21(18,19)17-10-4-6-14(20-2)12(15)7-10/h3-8,17H,16H2,1-2H3. The molecule has 0 radical (unpaired) electrons. The minimum Gasteiger partial charge on any atom is -0.495 e. The second kappa shape index (κ2) is 5.83. The Morgan fingerprint density at radius 2 is 1.90 bits per heavy atom. The topological polar surface area (TPSA) is 81.4 Å². The number of nitrogens with two attached hydrogens (primary N) is 1. The van der Waals surface area contributed by atoms with Gasteiger partial charge in [0.2, 0.25) is 0 Å². The lowest BCUT2D eigenvalue weighted by Crippen LogP contribution is -2.13. The van der Waals surface area contributed by atoms with Crippen LogP contribution in [-0.4, -0.2) is 15.5 Å². The maximum atomic E-state index is 12.3. The number of ether oxygens (including phenoxy) is 1. The van der Waals surface area contributed by atoms with Crippen LogP contribution in [0.15, 0.2) is 41.3 Å². The van der Waals surface area contributed by atoms with Crippen molar-refractivity contribution in [3.63, 3.8) is 0 Å². The van der Waals surface area contributed by atoms with Crippen molar-refractivity contribution in [3.8, 4) is 5.75 Å². The van der Waals surface area contributed by atoms with Crippen molar-refractivity contribution >= 4 is 33.0 Å². The molecular weight excluding hydrogens is 312 g/mol. The fourth-order valence-corrected chi connectivity index (χ4v) is 3.07. The summed E-state index contributed by atoms with van der Waals surface area (Å²) in [6.45, 7) is 1.81. The maximum absolute atomic E-state index is 12.3. The van der Waals surface area contributed by atoms with Crippen molar-refractivity contribution in [2.24, 2.45) is 0 Å². The summed E-state index contributed by atoms with van der Waals surface area (Å²) in [6, 6.07) is 9.21. The molecule has 0 aliphatic heterocycles. The Bertz CT molecular complexity index is 776. The van der Waals surface area contributed by atoms with Gasteiger partial charge in [-0.1, -0.05) is 17.7 Å². The number of sulfonamides is 1. The van der Waals surface area contributed by atoms with Gasteiger partial charge in [0.25, 0.3) is 10.0 Å². The molecule has 0 bridgehead atoms. The summed E-state index contributed by atoms with van der Waals surface area (Å²) in [5, 5.41) is 0.320. The SMILES string of the molecule is COc1ccc(NS(=O)(=O)c2ccc(C)c(N)c2)cc1Cl. The third kappa shape index (κ3) is 3.40. The van der Waals surface area contributed by atoms with E-state index < -0.39 is 10.0 Å². The minimum absolute atomic E-state index is 0.0949. The van der Waals surface area contributed by atoms with E-state index in [2.05, 4.69) is 4.72 Å². The summed E-state index contributed by atoms with van der Waals surface area (Å²) in [5.74, 6) is 0.471. The van der Waals surface area contributed by atoms with Gasteiger partial charge in [-0.3, -0.25) is 4.72 Å². The van der Waals surface area contributed by atoms with Gasteiger partial charge in [0, 0.05) is 5.69 Å². The summed E-state index contributed by atoms with van der Waals surface area (Å²) in [5.41, 5.74) is 7.33. The molecule has 2 rings (SSSR count). The predicted octanol–water partition coefficient (Wildman–Crippen LogP) is 3.04. The molecule has 0 unspecified atom stereocenters. The highest BCUT2D eigenvalue weighted by Gasteiger charge is 2.15. The molecule has 2 aromatic rings. The van der Waals surface area contributed by atoms with Gasteiger partial charge in [0.1, 0.15) is 5.75 Å². The molecule has 0 aliphatic carbocycles. The zero-order valence-corrected chi connectivity index (χ0v) is 13.1. The third-order valence-corrected chi connectivity index (χ3v) is 4.64. The van der Waals surface area contributed by atoms with Crippen LogP contribution in [0.1, 0.15) is 5.56 Å². The van der Waals surface area contributed by atoms with Crippen LogP contribution in [0.25, 0.3) is 0 Å².